The highest BCUT2D eigenvalue weighted by Gasteiger charge is 2.03. The zero-order valence-corrected chi connectivity index (χ0v) is 14.1. The van der Waals surface area contributed by atoms with Gasteiger partial charge in [-0.3, -0.25) is 4.79 Å². The fourth-order valence-electron chi connectivity index (χ4n) is 2.27. The summed E-state index contributed by atoms with van der Waals surface area (Å²) < 4.78 is 1.66. The Labute approximate surface area is 144 Å². The number of amides is 1. The van der Waals surface area contributed by atoms with Gasteiger partial charge in [-0.2, -0.15) is 10.1 Å². The molecule has 0 aliphatic rings. The van der Waals surface area contributed by atoms with Gasteiger partial charge in [-0.1, -0.05) is 18.2 Å². The lowest BCUT2D eigenvalue weighted by molar-refractivity contribution is -0.120. The lowest BCUT2D eigenvalue weighted by atomic mass is 10.2. The second-order valence-electron chi connectivity index (χ2n) is 5.33. The Morgan fingerprint density at radius 3 is 2.96 bits per heavy atom. The molecule has 0 unspecified atom stereocenters. The van der Waals surface area contributed by atoms with Crippen LogP contribution < -0.4 is 5.32 Å². The number of thioether (sulfide) groups is 1. The molecule has 124 valence electrons. The molecule has 2 aromatic heterocycles. The molecule has 0 saturated heterocycles. The van der Waals surface area contributed by atoms with E-state index in [1.807, 2.05) is 30.6 Å². The minimum Gasteiger partial charge on any atom is -0.356 e. The van der Waals surface area contributed by atoms with Crippen molar-refractivity contribution in [2.24, 2.45) is 0 Å². The first-order valence-corrected chi connectivity index (χ1v) is 8.88. The van der Waals surface area contributed by atoms with Gasteiger partial charge in [0.15, 0.2) is 0 Å². The zero-order valence-electron chi connectivity index (χ0n) is 13.3. The molecule has 0 atom stereocenters. The summed E-state index contributed by atoms with van der Waals surface area (Å²) in [7, 11) is 0. The van der Waals surface area contributed by atoms with E-state index in [9.17, 15) is 4.79 Å². The summed E-state index contributed by atoms with van der Waals surface area (Å²) >= 11 is 1.70. The molecule has 2 heterocycles. The largest absolute Gasteiger partial charge is 0.356 e. The molecule has 1 N–H and O–H groups in total. The van der Waals surface area contributed by atoms with Gasteiger partial charge in [-0.15, -0.1) is 11.8 Å². The van der Waals surface area contributed by atoms with Crippen LogP contribution >= 0.6 is 11.8 Å². The number of benzene rings is 1. The summed E-state index contributed by atoms with van der Waals surface area (Å²) in [5.74, 6) is 1.49. The summed E-state index contributed by atoms with van der Waals surface area (Å²) in [5, 5.41) is 7.03. The number of hydrogen-bond donors (Lipinski definition) is 1. The number of fused-ring (bicyclic) bond motifs is 1. The van der Waals surface area contributed by atoms with Crippen molar-refractivity contribution in [1.82, 2.24) is 24.9 Å². The molecule has 6 nitrogen and oxygen atoms in total. The monoisotopic (exact) mass is 341 g/mol. The van der Waals surface area contributed by atoms with Crippen LogP contribution in [-0.2, 0) is 11.2 Å². The van der Waals surface area contributed by atoms with Gasteiger partial charge in [0.05, 0.1) is 0 Å². The van der Waals surface area contributed by atoms with Gasteiger partial charge in [-0.05, 0) is 30.5 Å². The number of aryl methyl sites for hydroxylation is 1. The van der Waals surface area contributed by atoms with Crippen LogP contribution in [0.25, 0.3) is 5.78 Å². The van der Waals surface area contributed by atoms with Crippen molar-refractivity contribution in [1.29, 1.82) is 0 Å². The predicted molar refractivity (Wildman–Crippen MR) is 93.9 cm³/mol. The second kappa shape index (κ2) is 8.44. The highest BCUT2D eigenvalue weighted by molar-refractivity contribution is 7.99. The minimum absolute atomic E-state index is 0.100. The summed E-state index contributed by atoms with van der Waals surface area (Å²) in [6.07, 6.45) is 7.48. The molecule has 0 bridgehead atoms. The molecule has 24 heavy (non-hydrogen) atoms. The molecule has 3 rings (SSSR count). The van der Waals surface area contributed by atoms with E-state index >= 15 is 0 Å². The molecule has 0 saturated carbocycles. The molecule has 3 aromatic rings. The van der Waals surface area contributed by atoms with Crippen molar-refractivity contribution in [3.63, 3.8) is 0 Å². The van der Waals surface area contributed by atoms with Crippen LogP contribution in [0.5, 0.6) is 0 Å². The maximum absolute atomic E-state index is 11.8. The van der Waals surface area contributed by atoms with E-state index in [-0.39, 0.29) is 5.91 Å². The number of nitrogens with zero attached hydrogens (tertiary/aromatic N) is 4. The van der Waals surface area contributed by atoms with Crippen LogP contribution in [0.2, 0.25) is 0 Å². The molecule has 1 amide bonds. The standard InChI is InChI=1S/C17H19N5OS/c23-16(8-10-24-15-6-2-1-3-7-15)18-9-4-5-14-11-19-17-20-13-21-22(17)12-14/h1-3,6-7,11-13H,4-5,8-10H2,(H,18,23). The summed E-state index contributed by atoms with van der Waals surface area (Å²) in [6, 6.07) is 10.1. The predicted octanol–water partition coefficient (Wildman–Crippen LogP) is 2.36. The third-order valence-corrected chi connectivity index (χ3v) is 4.51. The normalized spacial score (nSPS) is 10.8. The van der Waals surface area contributed by atoms with Gasteiger partial charge in [0, 0.05) is 36.0 Å². The lowest BCUT2D eigenvalue weighted by Gasteiger charge is -2.05. The summed E-state index contributed by atoms with van der Waals surface area (Å²) in [4.78, 5) is 21.3. The number of hydrogen-bond acceptors (Lipinski definition) is 5. The van der Waals surface area contributed by atoms with E-state index in [2.05, 4.69) is 32.5 Å². The number of rotatable bonds is 8. The average Bonchev–Trinajstić information content (AvgIpc) is 3.07. The molecule has 0 aliphatic heterocycles. The molecule has 0 aliphatic carbocycles. The first-order valence-electron chi connectivity index (χ1n) is 7.90. The Balaban J connectivity index is 1.31. The fraction of sp³-hybridized carbons (Fsp3) is 0.294. The first-order chi connectivity index (χ1) is 11.8. The van der Waals surface area contributed by atoms with Crippen molar-refractivity contribution in [3.8, 4) is 0 Å². The highest BCUT2D eigenvalue weighted by atomic mass is 32.2. The van der Waals surface area contributed by atoms with E-state index in [4.69, 9.17) is 0 Å². The fourth-order valence-corrected chi connectivity index (χ4v) is 3.15. The molecule has 0 radical (unpaired) electrons. The third-order valence-electron chi connectivity index (χ3n) is 3.49. The topological polar surface area (TPSA) is 72.2 Å². The van der Waals surface area contributed by atoms with Crippen molar-refractivity contribution >= 4 is 23.4 Å². The summed E-state index contributed by atoms with van der Waals surface area (Å²) in [6.45, 7) is 0.671. The van der Waals surface area contributed by atoms with Crippen LogP contribution in [0.4, 0.5) is 0 Å². The van der Waals surface area contributed by atoms with Gasteiger partial charge in [0.1, 0.15) is 6.33 Å². The quantitative estimate of drug-likeness (QED) is 0.503. The van der Waals surface area contributed by atoms with E-state index in [1.54, 1.807) is 16.3 Å². The van der Waals surface area contributed by atoms with Gasteiger partial charge >= 0.3 is 0 Å². The molecule has 0 fully saturated rings. The Hall–Kier alpha value is -2.41. The number of carbonyl (C=O) groups is 1. The maximum Gasteiger partial charge on any atom is 0.252 e. The van der Waals surface area contributed by atoms with Gasteiger partial charge in [0.25, 0.3) is 5.78 Å². The van der Waals surface area contributed by atoms with Crippen LogP contribution in [0, 0.1) is 0 Å². The average molecular weight is 341 g/mol. The SMILES string of the molecule is O=C(CCSc1ccccc1)NCCCc1cnc2ncnn2c1. The zero-order chi connectivity index (χ0) is 16.6. The Morgan fingerprint density at radius 2 is 2.08 bits per heavy atom. The van der Waals surface area contributed by atoms with Crippen molar-refractivity contribution in [2.45, 2.75) is 24.2 Å². The van der Waals surface area contributed by atoms with Gasteiger partial charge < -0.3 is 5.32 Å². The van der Waals surface area contributed by atoms with E-state index in [0.717, 1.165) is 24.2 Å². The molecular formula is C17H19N5OS. The van der Waals surface area contributed by atoms with E-state index in [0.29, 0.717) is 18.7 Å². The van der Waals surface area contributed by atoms with Crippen molar-refractivity contribution in [3.05, 3.63) is 54.6 Å². The van der Waals surface area contributed by atoms with Gasteiger partial charge in [-0.25, -0.2) is 9.50 Å². The Kier molecular flexibility index (Phi) is 5.79. The van der Waals surface area contributed by atoms with Crippen molar-refractivity contribution < 1.29 is 4.79 Å². The molecule has 7 heteroatoms. The first kappa shape index (κ1) is 16.4. The van der Waals surface area contributed by atoms with Crippen LogP contribution in [0.15, 0.2) is 53.9 Å². The summed E-state index contributed by atoms with van der Waals surface area (Å²) in [5.41, 5.74) is 1.09. The Morgan fingerprint density at radius 1 is 1.21 bits per heavy atom. The number of aromatic nitrogens is 4. The van der Waals surface area contributed by atoms with Crippen molar-refractivity contribution in [2.75, 3.05) is 12.3 Å². The second-order valence-corrected chi connectivity index (χ2v) is 6.50. The lowest BCUT2D eigenvalue weighted by Crippen LogP contribution is -2.25. The van der Waals surface area contributed by atoms with E-state index in [1.165, 1.54) is 11.2 Å². The van der Waals surface area contributed by atoms with Crippen LogP contribution in [0.3, 0.4) is 0 Å². The number of nitrogens with one attached hydrogen (secondary N) is 1. The van der Waals surface area contributed by atoms with Crippen LogP contribution in [-0.4, -0.2) is 37.8 Å². The van der Waals surface area contributed by atoms with Gasteiger partial charge in [0.2, 0.25) is 5.91 Å². The maximum atomic E-state index is 11.8. The van der Waals surface area contributed by atoms with Crippen LogP contribution in [0.1, 0.15) is 18.4 Å². The van der Waals surface area contributed by atoms with E-state index < -0.39 is 0 Å². The smallest absolute Gasteiger partial charge is 0.252 e. The number of carbonyl (C=O) groups excluding carboxylic acids is 1. The Bertz CT molecular complexity index is 790. The molecule has 1 aromatic carbocycles. The third kappa shape index (κ3) is 4.79. The molecule has 0 spiro atoms. The minimum atomic E-state index is 0.100. The highest BCUT2D eigenvalue weighted by Crippen LogP contribution is 2.17. The molecular weight excluding hydrogens is 322 g/mol.